The molecule has 9 heteroatoms. The fourth-order valence-corrected chi connectivity index (χ4v) is 3.90. The number of hydrogen-bond donors (Lipinski definition) is 1. The molecule has 1 fully saturated rings. The quantitative estimate of drug-likeness (QED) is 0.857. The first kappa shape index (κ1) is 19.2. The number of carbonyl (C=O) groups excluding carboxylic acids is 1. The minimum absolute atomic E-state index is 0.105. The molecular formula is C18H17F3N2O3S. The fraction of sp³-hybridized carbons (Fsp3) is 0.278. The molecule has 1 aliphatic rings. The average molecular weight is 398 g/mol. The van der Waals surface area contributed by atoms with E-state index < -0.39 is 32.6 Å². The zero-order valence-electron chi connectivity index (χ0n) is 14.2. The molecule has 0 unspecified atom stereocenters. The van der Waals surface area contributed by atoms with Crippen LogP contribution in [0.5, 0.6) is 0 Å². The zero-order chi connectivity index (χ0) is 19.7. The summed E-state index contributed by atoms with van der Waals surface area (Å²) in [6.07, 6.45) is -2.49. The van der Waals surface area contributed by atoms with E-state index in [1.54, 1.807) is 12.1 Å². The molecule has 0 aromatic heterocycles. The smallest absolute Gasteiger partial charge is 0.372 e. The van der Waals surface area contributed by atoms with Crippen LogP contribution in [0.2, 0.25) is 0 Å². The molecule has 1 heterocycles. The van der Waals surface area contributed by atoms with Crippen molar-refractivity contribution in [1.29, 1.82) is 0 Å². The first-order valence-electron chi connectivity index (χ1n) is 8.26. The fourth-order valence-electron chi connectivity index (χ4n) is 2.88. The largest absolute Gasteiger partial charge is 0.416 e. The Labute approximate surface area is 154 Å². The lowest BCUT2D eigenvalue weighted by Gasteiger charge is -2.17. The van der Waals surface area contributed by atoms with Crippen molar-refractivity contribution in [3.8, 4) is 0 Å². The van der Waals surface area contributed by atoms with Gasteiger partial charge in [-0.1, -0.05) is 6.07 Å². The van der Waals surface area contributed by atoms with Crippen molar-refractivity contribution in [3.63, 3.8) is 0 Å². The van der Waals surface area contributed by atoms with E-state index in [0.717, 1.165) is 49.8 Å². The first-order chi connectivity index (χ1) is 12.7. The van der Waals surface area contributed by atoms with Crippen LogP contribution >= 0.6 is 0 Å². The Hall–Kier alpha value is -2.55. The molecule has 0 bridgehead atoms. The summed E-state index contributed by atoms with van der Waals surface area (Å²) in [5.41, 5.74) is -0.0638. The van der Waals surface area contributed by atoms with E-state index >= 15 is 0 Å². The molecule has 1 saturated heterocycles. The Bertz CT molecular complexity index is 935. The summed E-state index contributed by atoms with van der Waals surface area (Å²) in [5.74, 6) is -0.902. The van der Waals surface area contributed by atoms with Crippen LogP contribution in [-0.2, 0) is 16.2 Å². The minimum atomic E-state index is -4.68. The third kappa shape index (κ3) is 4.41. The van der Waals surface area contributed by atoms with Gasteiger partial charge >= 0.3 is 6.18 Å². The molecule has 2 aromatic rings. The number of alkyl halides is 3. The number of anilines is 1. The number of benzene rings is 2. The van der Waals surface area contributed by atoms with Crippen LogP contribution in [-0.4, -0.2) is 27.4 Å². The van der Waals surface area contributed by atoms with Crippen molar-refractivity contribution >= 4 is 21.6 Å². The lowest BCUT2D eigenvalue weighted by molar-refractivity contribution is -0.137. The third-order valence-corrected chi connectivity index (χ3v) is 5.63. The Balaban J connectivity index is 1.76. The van der Waals surface area contributed by atoms with Gasteiger partial charge in [0.2, 0.25) is 0 Å². The van der Waals surface area contributed by atoms with Crippen LogP contribution in [0.25, 0.3) is 0 Å². The maximum Gasteiger partial charge on any atom is 0.416 e. The normalized spacial score (nSPS) is 15.0. The van der Waals surface area contributed by atoms with E-state index in [4.69, 9.17) is 0 Å². The number of amides is 1. The SMILES string of the molecule is O=C(NS(=O)(=O)c1cccc(C(F)(F)F)c1)c1ccc(N2CCCC2)cc1. The van der Waals surface area contributed by atoms with Gasteiger partial charge in [-0.25, -0.2) is 13.1 Å². The molecule has 0 aliphatic carbocycles. The third-order valence-electron chi connectivity index (χ3n) is 4.30. The van der Waals surface area contributed by atoms with Gasteiger partial charge in [-0.3, -0.25) is 4.79 Å². The molecule has 1 N–H and O–H groups in total. The summed E-state index contributed by atoms with van der Waals surface area (Å²) < 4.78 is 64.6. The second-order valence-electron chi connectivity index (χ2n) is 6.20. The summed E-state index contributed by atoms with van der Waals surface area (Å²) >= 11 is 0. The second kappa shape index (κ2) is 7.22. The molecule has 144 valence electrons. The molecule has 5 nitrogen and oxygen atoms in total. The average Bonchev–Trinajstić information content (AvgIpc) is 3.15. The van der Waals surface area contributed by atoms with E-state index in [1.807, 2.05) is 4.72 Å². The Morgan fingerprint density at radius 1 is 1.00 bits per heavy atom. The number of rotatable bonds is 4. The predicted molar refractivity (Wildman–Crippen MR) is 94.0 cm³/mol. The monoisotopic (exact) mass is 398 g/mol. The van der Waals surface area contributed by atoms with Gasteiger partial charge in [0.1, 0.15) is 0 Å². The highest BCUT2D eigenvalue weighted by molar-refractivity contribution is 7.90. The summed E-state index contributed by atoms with van der Waals surface area (Å²) in [5, 5.41) is 0. The van der Waals surface area contributed by atoms with Crippen molar-refractivity contribution in [2.24, 2.45) is 0 Å². The number of sulfonamides is 1. The van der Waals surface area contributed by atoms with Crippen LogP contribution in [0.4, 0.5) is 18.9 Å². The van der Waals surface area contributed by atoms with Crippen molar-refractivity contribution in [2.45, 2.75) is 23.9 Å². The minimum Gasteiger partial charge on any atom is -0.372 e. The Morgan fingerprint density at radius 3 is 2.22 bits per heavy atom. The number of nitrogens with zero attached hydrogens (tertiary/aromatic N) is 1. The molecule has 0 saturated carbocycles. The first-order valence-corrected chi connectivity index (χ1v) is 9.74. The van der Waals surface area contributed by atoms with E-state index in [-0.39, 0.29) is 5.56 Å². The highest BCUT2D eigenvalue weighted by Gasteiger charge is 2.32. The van der Waals surface area contributed by atoms with Crippen LogP contribution in [0.3, 0.4) is 0 Å². The molecule has 0 atom stereocenters. The molecule has 2 aromatic carbocycles. The van der Waals surface area contributed by atoms with Gasteiger partial charge in [-0.05, 0) is 55.3 Å². The lowest BCUT2D eigenvalue weighted by Crippen LogP contribution is -2.30. The van der Waals surface area contributed by atoms with Crippen LogP contribution in [0.1, 0.15) is 28.8 Å². The van der Waals surface area contributed by atoms with Crippen molar-refractivity contribution < 1.29 is 26.4 Å². The molecule has 1 amide bonds. The van der Waals surface area contributed by atoms with Crippen molar-refractivity contribution in [2.75, 3.05) is 18.0 Å². The highest BCUT2D eigenvalue weighted by atomic mass is 32.2. The van der Waals surface area contributed by atoms with Gasteiger partial charge in [0.25, 0.3) is 15.9 Å². The van der Waals surface area contributed by atoms with Gasteiger partial charge in [0, 0.05) is 24.3 Å². The van der Waals surface area contributed by atoms with Crippen molar-refractivity contribution in [3.05, 3.63) is 59.7 Å². The van der Waals surface area contributed by atoms with Crippen LogP contribution < -0.4 is 9.62 Å². The number of nitrogens with one attached hydrogen (secondary N) is 1. The molecule has 0 radical (unpaired) electrons. The van der Waals surface area contributed by atoms with Gasteiger partial charge in [0.15, 0.2) is 0 Å². The zero-order valence-corrected chi connectivity index (χ0v) is 15.0. The number of halogens is 3. The predicted octanol–water partition coefficient (Wildman–Crippen LogP) is 3.42. The molecule has 3 rings (SSSR count). The van der Waals surface area contributed by atoms with Crippen molar-refractivity contribution in [1.82, 2.24) is 4.72 Å². The molecule has 27 heavy (non-hydrogen) atoms. The van der Waals surface area contributed by atoms with Crippen LogP contribution in [0.15, 0.2) is 53.4 Å². The Morgan fingerprint density at radius 2 is 1.63 bits per heavy atom. The van der Waals surface area contributed by atoms with Gasteiger partial charge in [-0.2, -0.15) is 13.2 Å². The highest BCUT2D eigenvalue weighted by Crippen LogP contribution is 2.30. The maximum atomic E-state index is 12.8. The van der Waals surface area contributed by atoms with E-state index in [2.05, 4.69) is 4.90 Å². The van der Waals surface area contributed by atoms with Gasteiger partial charge < -0.3 is 4.90 Å². The van der Waals surface area contributed by atoms with Gasteiger partial charge in [0.05, 0.1) is 10.5 Å². The molecule has 1 aliphatic heterocycles. The van der Waals surface area contributed by atoms with Crippen LogP contribution in [0, 0.1) is 0 Å². The van der Waals surface area contributed by atoms with E-state index in [0.29, 0.717) is 6.07 Å². The lowest BCUT2D eigenvalue weighted by atomic mass is 10.2. The summed E-state index contributed by atoms with van der Waals surface area (Å²) in [4.78, 5) is 13.8. The molecule has 0 spiro atoms. The van der Waals surface area contributed by atoms with E-state index in [1.165, 1.54) is 12.1 Å². The maximum absolute atomic E-state index is 12.8. The summed E-state index contributed by atoms with van der Waals surface area (Å²) in [6.45, 7) is 1.85. The van der Waals surface area contributed by atoms with Gasteiger partial charge in [-0.15, -0.1) is 0 Å². The second-order valence-corrected chi connectivity index (χ2v) is 7.88. The molecular weight excluding hydrogens is 381 g/mol. The number of hydrogen-bond acceptors (Lipinski definition) is 4. The summed E-state index contributed by atoms with van der Waals surface area (Å²) in [6, 6.07) is 9.65. The number of carbonyl (C=O) groups is 1. The topological polar surface area (TPSA) is 66.5 Å². The summed E-state index contributed by atoms with van der Waals surface area (Å²) in [7, 11) is -4.43. The standard InChI is InChI=1S/C18H17F3N2O3S/c19-18(20,21)14-4-3-5-16(12-14)27(25,26)22-17(24)13-6-8-15(9-7-13)23-10-1-2-11-23/h3-9,12H,1-2,10-11H2,(H,22,24). The Kier molecular flexibility index (Phi) is 5.14. The van der Waals surface area contributed by atoms with E-state index in [9.17, 15) is 26.4 Å².